The lowest BCUT2D eigenvalue weighted by Crippen LogP contribution is -2.43. The summed E-state index contributed by atoms with van der Waals surface area (Å²) in [7, 11) is 3.60. The van der Waals surface area contributed by atoms with Crippen LogP contribution in [-0.2, 0) is 11.3 Å². The van der Waals surface area contributed by atoms with Gasteiger partial charge < -0.3 is 23.8 Å². The van der Waals surface area contributed by atoms with E-state index in [1.807, 2.05) is 60.7 Å². The predicted molar refractivity (Wildman–Crippen MR) is 217 cm³/mol. The molecule has 284 valence electrons. The van der Waals surface area contributed by atoms with Crippen LogP contribution in [0.4, 0.5) is 4.39 Å². The number of hydrogen-bond acceptors (Lipinski definition) is 8. The van der Waals surface area contributed by atoms with E-state index in [1.54, 1.807) is 13.3 Å². The summed E-state index contributed by atoms with van der Waals surface area (Å²) in [5, 5.41) is 2.00. The Balaban J connectivity index is 1.53. The Morgan fingerprint density at radius 2 is 1.61 bits per heavy atom. The summed E-state index contributed by atoms with van der Waals surface area (Å²) in [6, 6.07) is 19.6. The average Bonchev–Trinajstić information content (AvgIpc) is 3.91. The molecule has 3 aromatic carbocycles. The van der Waals surface area contributed by atoms with Crippen LogP contribution in [0.15, 0.2) is 66.9 Å². The first-order valence-corrected chi connectivity index (χ1v) is 21.1. The minimum absolute atomic E-state index is 0.0228. The normalized spacial score (nSPS) is 13.9. The molecular formula is C44H53FN4O4Si. The number of hydrogen-bond donors (Lipinski definition) is 0. The molecule has 10 heteroatoms. The number of halogens is 1. The quantitative estimate of drug-likeness (QED) is 0.0595. The Labute approximate surface area is 320 Å². The van der Waals surface area contributed by atoms with E-state index in [2.05, 4.69) is 82.0 Å². The van der Waals surface area contributed by atoms with Gasteiger partial charge in [0.05, 0.1) is 12.0 Å². The topological polar surface area (TPSA) is 78.8 Å². The van der Waals surface area contributed by atoms with E-state index in [1.165, 1.54) is 0 Å². The molecule has 0 atom stereocenters. The van der Waals surface area contributed by atoms with E-state index in [9.17, 15) is 0 Å². The number of pyridine rings is 1. The molecule has 8 nitrogen and oxygen atoms in total. The van der Waals surface area contributed by atoms with Crippen molar-refractivity contribution >= 4 is 29.7 Å². The van der Waals surface area contributed by atoms with Crippen LogP contribution >= 0.6 is 0 Å². The SMILES string of the molecule is COCOc1cc(-c2ncc3c(OCc4ccccc4)nc(OCC4(CN(C)C)CC4)nc3c2F)c2c(C#C[Si](C(C)C)(C(C)C)C(C)C)cccc2c1. The third-order valence-electron chi connectivity index (χ3n) is 10.8. The third-order valence-corrected chi connectivity index (χ3v) is 17.1. The molecule has 0 unspecified atom stereocenters. The van der Waals surface area contributed by atoms with Crippen molar-refractivity contribution in [3.63, 3.8) is 0 Å². The van der Waals surface area contributed by atoms with Gasteiger partial charge in [-0.25, -0.2) is 4.39 Å². The van der Waals surface area contributed by atoms with Gasteiger partial charge in [-0.1, -0.05) is 89.9 Å². The lowest BCUT2D eigenvalue weighted by Gasteiger charge is -2.38. The van der Waals surface area contributed by atoms with Gasteiger partial charge >= 0.3 is 6.01 Å². The summed E-state index contributed by atoms with van der Waals surface area (Å²) >= 11 is 0. The highest BCUT2D eigenvalue weighted by molar-refractivity contribution is 6.90. The second-order valence-corrected chi connectivity index (χ2v) is 21.4. The number of fused-ring (bicyclic) bond motifs is 2. The highest BCUT2D eigenvalue weighted by Gasteiger charge is 2.44. The van der Waals surface area contributed by atoms with Crippen LogP contribution in [0.1, 0.15) is 65.5 Å². The van der Waals surface area contributed by atoms with Crippen LogP contribution in [0.3, 0.4) is 0 Å². The average molecular weight is 749 g/mol. The van der Waals surface area contributed by atoms with Crippen LogP contribution < -0.4 is 14.2 Å². The van der Waals surface area contributed by atoms with Crippen molar-refractivity contribution in [3.8, 4) is 40.4 Å². The van der Waals surface area contributed by atoms with Gasteiger partial charge in [-0.15, -0.1) is 5.54 Å². The largest absolute Gasteiger partial charge is 0.472 e. The van der Waals surface area contributed by atoms with Crippen LogP contribution in [0, 0.1) is 22.7 Å². The van der Waals surface area contributed by atoms with Crippen molar-refractivity contribution in [2.75, 3.05) is 41.1 Å². The van der Waals surface area contributed by atoms with Crippen LogP contribution in [0.5, 0.6) is 17.6 Å². The second kappa shape index (κ2) is 16.4. The van der Waals surface area contributed by atoms with Crippen molar-refractivity contribution in [1.82, 2.24) is 19.9 Å². The molecule has 0 spiro atoms. The molecule has 2 aromatic heterocycles. The van der Waals surface area contributed by atoms with E-state index >= 15 is 4.39 Å². The lowest BCUT2D eigenvalue weighted by molar-refractivity contribution is 0.0512. The van der Waals surface area contributed by atoms with Crippen molar-refractivity contribution < 1.29 is 23.3 Å². The Morgan fingerprint density at radius 1 is 0.889 bits per heavy atom. The maximum Gasteiger partial charge on any atom is 0.320 e. The summed E-state index contributed by atoms with van der Waals surface area (Å²) in [6.07, 6.45) is 3.68. The smallest absolute Gasteiger partial charge is 0.320 e. The first-order chi connectivity index (χ1) is 25.9. The molecule has 1 aliphatic carbocycles. The van der Waals surface area contributed by atoms with Gasteiger partial charge in [0.25, 0.3) is 0 Å². The van der Waals surface area contributed by atoms with E-state index < -0.39 is 13.9 Å². The van der Waals surface area contributed by atoms with Crippen LogP contribution in [-0.4, -0.2) is 69.1 Å². The molecule has 0 N–H and O–H groups in total. The maximum atomic E-state index is 17.3. The number of rotatable bonds is 15. The number of benzene rings is 3. The maximum absolute atomic E-state index is 17.3. The molecule has 5 aromatic rings. The fourth-order valence-electron chi connectivity index (χ4n) is 8.02. The van der Waals surface area contributed by atoms with Crippen molar-refractivity contribution in [3.05, 3.63) is 83.8 Å². The highest BCUT2D eigenvalue weighted by Crippen LogP contribution is 2.46. The molecule has 1 fully saturated rings. The standard InChI is InChI=1S/C44H53FN4O4Si/c1-29(2)54(30(3)4,31(5)6)21-18-33-16-13-17-34-22-35(53-28-50-9)23-36(38(33)34)40-39(45)41-37(24-46-40)42(51-25-32-14-11-10-12-15-32)48-43(47-41)52-27-44(19-20-44)26-49(7)8/h10-17,22-24,29-31H,19-20,25-28H2,1-9H3. The zero-order valence-corrected chi connectivity index (χ0v) is 34.1. The van der Waals surface area contributed by atoms with Gasteiger partial charge in [-0.2, -0.15) is 9.97 Å². The van der Waals surface area contributed by atoms with Crippen LogP contribution in [0.2, 0.25) is 16.6 Å². The monoisotopic (exact) mass is 748 g/mol. The molecule has 0 aliphatic heterocycles. The second-order valence-electron chi connectivity index (χ2n) is 15.9. The minimum atomic E-state index is -2.08. The Morgan fingerprint density at radius 3 is 2.26 bits per heavy atom. The fourth-order valence-corrected chi connectivity index (χ4v) is 13.2. The van der Waals surface area contributed by atoms with Crippen molar-refractivity contribution in [2.45, 2.75) is 77.6 Å². The molecule has 54 heavy (non-hydrogen) atoms. The van der Waals surface area contributed by atoms with Crippen LogP contribution in [0.25, 0.3) is 32.9 Å². The number of aromatic nitrogens is 3. The summed E-state index contributed by atoms with van der Waals surface area (Å²) in [5.74, 6) is 3.75. The molecule has 0 bridgehead atoms. The lowest BCUT2D eigenvalue weighted by atomic mass is 9.96. The predicted octanol–water partition coefficient (Wildman–Crippen LogP) is 9.84. The van der Waals surface area contributed by atoms with Crippen molar-refractivity contribution in [1.29, 1.82) is 0 Å². The molecule has 0 saturated heterocycles. The Hall–Kier alpha value is -4.56. The fraction of sp³-hybridized carbons (Fsp3) is 0.432. The van der Waals surface area contributed by atoms with Gasteiger partial charge in [0.15, 0.2) is 12.6 Å². The zero-order valence-electron chi connectivity index (χ0n) is 33.1. The first kappa shape index (κ1) is 39.1. The molecule has 1 aliphatic rings. The number of methoxy groups -OCH3 is 1. The zero-order chi connectivity index (χ0) is 38.6. The molecule has 0 radical (unpaired) electrons. The first-order valence-electron chi connectivity index (χ1n) is 18.9. The summed E-state index contributed by atoms with van der Waals surface area (Å²) < 4.78 is 41.0. The van der Waals surface area contributed by atoms with E-state index in [0.29, 0.717) is 39.9 Å². The summed E-state index contributed by atoms with van der Waals surface area (Å²) in [5.41, 5.74) is 7.76. The summed E-state index contributed by atoms with van der Waals surface area (Å²) in [6.45, 7) is 15.4. The Bertz CT molecular complexity index is 2140. The molecular weight excluding hydrogens is 696 g/mol. The number of ether oxygens (including phenoxy) is 4. The summed E-state index contributed by atoms with van der Waals surface area (Å²) in [4.78, 5) is 16.2. The highest BCUT2D eigenvalue weighted by atomic mass is 28.3. The van der Waals surface area contributed by atoms with Gasteiger partial charge in [0.1, 0.15) is 31.6 Å². The van der Waals surface area contributed by atoms with E-state index in [0.717, 1.165) is 41.3 Å². The number of nitrogens with zero attached hydrogens (tertiary/aromatic N) is 4. The third kappa shape index (κ3) is 8.24. The van der Waals surface area contributed by atoms with E-state index in [4.69, 9.17) is 23.9 Å². The van der Waals surface area contributed by atoms with Gasteiger partial charge in [-0.05, 0) is 72.7 Å². The van der Waals surface area contributed by atoms with Gasteiger partial charge in [-0.3, -0.25) is 4.98 Å². The van der Waals surface area contributed by atoms with Gasteiger partial charge in [0.2, 0.25) is 5.88 Å². The molecule has 0 amide bonds. The molecule has 2 heterocycles. The van der Waals surface area contributed by atoms with E-state index in [-0.39, 0.29) is 41.9 Å². The Kier molecular flexibility index (Phi) is 11.9. The molecule has 6 rings (SSSR count). The van der Waals surface area contributed by atoms with Crippen molar-refractivity contribution in [2.24, 2.45) is 5.41 Å². The van der Waals surface area contributed by atoms with Gasteiger partial charge in [0, 0.05) is 41.8 Å². The minimum Gasteiger partial charge on any atom is -0.472 e. The molecule has 1 saturated carbocycles.